The van der Waals surface area contributed by atoms with Gasteiger partial charge >= 0.3 is 0 Å². The van der Waals surface area contributed by atoms with E-state index in [0.717, 1.165) is 43.2 Å². The summed E-state index contributed by atoms with van der Waals surface area (Å²) in [6.45, 7) is 3.01. The molecule has 0 radical (unpaired) electrons. The van der Waals surface area contributed by atoms with Crippen LogP contribution in [-0.4, -0.2) is 53.9 Å². The zero-order chi connectivity index (χ0) is 16.9. The van der Waals surface area contributed by atoms with Crippen LogP contribution >= 0.6 is 40.7 Å². The zero-order valence-corrected chi connectivity index (χ0v) is 17.7. The van der Waals surface area contributed by atoms with E-state index in [2.05, 4.69) is 31.5 Å². The van der Waals surface area contributed by atoms with Gasteiger partial charge in [-0.25, -0.2) is 0 Å². The van der Waals surface area contributed by atoms with Gasteiger partial charge in [0.05, 0.1) is 11.6 Å². The summed E-state index contributed by atoms with van der Waals surface area (Å²) in [5.41, 5.74) is 0.601. The van der Waals surface area contributed by atoms with Crippen molar-refractivity contribution in [2.45, 2.75) is 31.7 Å². The van der Waals surface area contributed by atoms with Crippen LogP contribution in [0.5, 0.6) is 0 Å². The lowest BCUT2D eigenvalue weighted by molar-refractivity contribution is -0.123. The van der Waals surface area contributed by atoms with Crippen molar-refractivity contribution in [3.63, 3.8) is 0 Å². The number of nitrogens with one attached hydrogen (secondary N) is 2. The minimum atomic E-state index is -0.0425. The van der Waals surface area contributed by atoms with E-state index in [9.17, 15) is 9.59 Å². The molecule has 0 aliphatic carbocycles. The Kier molecular flexibility index (Phi) is 9.85. The summed E-state index contributed by atoms with van der Waals surface area (Å²) in [5.74, 6) is 0.414. The van der Waals surface area contributed by atoms with Crippen LogP contribution in [0.3, 0.4) is 0 Å². The molecule has 146 valence electrons. The summed E-state index contributed by atoms with van der Waals surface area (Å²) >= 11 is 3.35. The number of nitrogens with zero attached hydrogens (tertiary/aromatic N) is 2. The fourth-order valence-corrected chi connectivity index (χ4v) is 3.77. The van der Waals surface area contributed by atoms with Crippen LogP contribution in [-0.2, 0) is 4.79 Å². The van der Waals surface area contributed by atoms with E-state index in [-0.39, 0.29) is 42.7 Å². The third kappa shape index (κ3) is 6.08. The van der Waals surface area contributed by atoms with Crippen LogP contribution < -0.4 is 10.6 Å². The average Bonchev–Trinajstić information content (AvgIpc) is 3.14. The molecule has 6 nitrogen and oxygen atoms in total. The molecule has 0 bridgehead atoms. The first kappa shape index (κ1) is 23.1. The Labute approximate surface area is 174 Å². The van der Waals surface area contributed by atoms with Crippen LogP contribution in [0, 0.1) is 5.92 Å². The van der Waals surface area contributed by atoms with Gasteiger partial charge in [0.25, 0.3) is 5.91 Å². The second-order valence-electron chi connectivity index (χ2n) is 6.55. The second-order valence-corrected chi connectivity index (χ2v) is 7.46. The van der Waals surface area contributed by atoms with Gasteiger partial charge < -0.3 is 15.5 Å². The minimum Gasteiger partial charge on any atom is -0.354 e. The molecule has 2 N–H and O–H groups in total. The normalized spacial score (nSPS) is 22.1. The Balaban J connectivity index is 0.00000169. The molecule has 2 amide bonds. The predicted molar refractivity (Wildman–Crippen MR) is 109 cm³/mol. The molecule has 1 aromatic rings. The highest BCUT2D eigenvalue weighted by atomic mass is 79.9. The summed E-state index contributed by atoms with van der Waals surface area (Å²) in [6, 6.07) is 1.76. The number of aromatic nitrogens is 1. The van der Waals surface area contributed by atoms with Crippen LogP contribution in [0.2, 0.25) is 0 Å². The van der Waals surface area contributed by atoms with Crippen molar-refractivity contribution in [3.05, 3.63) is 28.5 Å². The lowest BCUT2D eigenvalue weighted by Gasteiger charge is -2.33. The molecule has 3 heterocycles. The van der Waals surface area contributed by atoms with Gasteiger partial charge in [-0.05, 0) is 60.1 Å². The summed E-state index contributed by atoms with van der Waals surface area (Å²) in [7, 11) is 0. The molecule has 0 saturated carbocycles. The number of amides is 2. The molecule has 2 aliphatic rings. The summed E-state index contributed by atoms with van der Waals surface area (Å²) in [6.07, 6.45) is 7.25. The quantitative estimate of drug-likeness (QED) is 0.712. The van der Waals surface area contributed by atoms with Crippen LogP contribution in [0.1, 0.15) is 36.0 Å². The van der Waals surface area contributed by atoms with E-state index in [4.69, 9.17) is 0 Å². The molecule has 2 fully saturated rings. The molecular formula is C17H25BrCl2N4O2. The highest BCUT2D eigenvalue weighted by Gasteiger charge is 2.27. The molecule has 2 atom stereocenters. The molecule has 9 heteroatoms. The maximum absolute atomic E-state index is 12.6. The Morgan fingerprint density at radius 2 is 2.08 bits per heavy atom. The standard InChI is InChI=1S/C17H23BrN4O2.2ClH/c18-14-7-13(9-19-10-14)17(24)22-6-2-3-12(11-22)8-21-16(23)15-4-1-5-20-15;;/h7,9-10,12,15,20H,1-6,8,11H2,(H,21,23);2*1H. The third-order valence-electron chi connectivity index (χ3n) is 4.70. The molecule has 26 heavy (non-hydrogen) atoms. The van der Waals surface area contributed by atoms with Crippen molar-refractivity contribution < 1.29 is 9.59 Å². The Hall–Kier alpha value is -0.890. The zero-order valence-electron chi connectivity index (χ0n) is 14.4. The number of piperidine rings is 1. The summed E-state index contributed by atoms with van der Waals surface area (Å²) in [5, 5.41) is 6.25. The fraction of sp³-hybridized carbons (Fsp3) is 0.588. The van der Waals surface area contributed by atoms with E-state index < -0.39 is 0 Å². The van der Waals surface area contributed by atoms with Gasteiger partial charge in [0.15, 0.2) is 0 Å². The van der Waals surface area contributed by atoms with E-state index in [1.165, 1.54) is 0 Å². The van der Waals surface area contributed by atoms with Crippen LogP contribution in [0.25, 0.3) is 0 Å². The Morgan fingerprint density at radius 1 is 1.27 bits per heavy atom. The van der Waals surface area contributed by atoms with Gasteiger partial charge in [0.2, 0.25) is 5.91 Å². The van der Waals surface area contributed by atoms with Gasteiger partial charge in [-0.2, -0.15) is 0 Å². The Bertz CT molecular complexity index is 614. The maximum atomic E-state index is 12.6. The average molecular weight is 468 g/mol. The van der Waals surface area contributed by atoms with Crippen molar-refractivity contribution in [2.75, 3.05) is 26.2 Å². The van der Waals surface area contributed by atoms with Crippen LogP contribution in [0.4, 0.5) is 0 Å². The van der Waals surface area contributed by atoms with Crippen LogP contribution in [0.15, 0.2) is 22.9 Å². The van der Waals surface area contributed by atoms with E-state index in [1.807, 2.05) is 4.90 Å². The number of hydrogen-bond donors (Lipinski definition) is 2. The molecule has 2 aliphatic heterocycles. The first-order valence-electron chi connectivity index (χ1n) is 8.54. The number of carbonyl (C=O) groups is 2. The number of pyridine rings is 1. The fourth-order valence-electron chi connectivity index (χ4n) is 3.40. The lowest BCUT2D eigenvalue weighted by Crippen LogP contribution is -2.46. The number of carbonyl (C=O) groups excluding carboxylic acids is 2. The molecule has 0 spiro atoms. The van der Waals surface area contributed by atoms with Crippen molar-refractivity contribution in [1.82, 2.24) is 20.5 Å². The van der Waals surface area contributed by atoms with Crippen molar-refractivity contribution in [3.8, 4) is 0 Å². The maximum Gasteiger partial charge on any atom is 0.255 e. The summed E-state index contributed by atoms with van der Waals surface area (Å²) < 4.78 is 0.804. The minimum absolute atomic E-state index is 0. The van der Waals surface area contributed by atoms with Gasteiger partial charge in [-0.1, -0.05) is 0 Å². The number of rotatable bonds is 4. The van der Waals surface area contributed by atoms with Gasteiger partial charge in [-0.3, -0.25) is 14.6 Å². The molecular weight excluding hydrogens is 443 g/mol. The number of halogens is 3. The molecule has 0 aromatic carbocycles. The first-order valence-corrected chi connectivity index (χ1v) is 9.33. The second kappa shape index (κ2) is 11.1. The van der Waals surface area contributed by atoms with Crippen molar-refractivity contribution in [2.24, 2.45) is 5.92 Å². The van der Waals surface area contributed by atoms with Gasteiger partial charge in [-0.15, -0.1) is 24.8 Å². The van der Waals surface area contributed by atoms with Crippen molar-refractivity contribution >= 4 is 52.6 Å². The SMILES string of the molecule is Cl.Cl.O=C(NCC1CCCN(C(=O)c2cncc(Br)c2)C1)C1CCCN1. The highest BCUT2D eigenvalue weighted by molar-refractivity contribution is 9.10. The van der Waals surface area contributed by atoms with E-state index in [0.29, 0.717) is 24.6 Å². The summed E-state index contributed by atoms with van der Waals surface area (Å²) in [4.78, 5) is 30.6. The first-order chi connectivity index (χ1) is 11.6. The van der Waals surface area contributed by atoms with Gasteiger partial charge in [0.1, 0.15) is 0 Å². The number of hydrogen-bond acceptors (Lipinski definition) is 4. The lowest BCUT2D eigenvalue weighted by atomic mass is 9.97. The molecule has 3 rings (SSSR count). The Morgan fingerprint density at radius 3 is 2.77 bits per heavy atom. The highest BCUT2D eigenvalue weighted by Crippen LogP contribution is 2.19. The van der Waals surface area contributed by atoms with Crippen molar-refractivity contribution in [1.29, 1.82) is 0 Å². The molecule has 1 aromatic heterocycles. The van der Waals surface area contributed by atoms with Gasteiger partial charge in [0, 0.05) is 36.5 Å². The topological polar surface area (TPSA) is 74.3 Å². The van der Waals surface area contributed by atoms with E-state index in [1.54, 1.807) is 18.5 Å². The molecule has 2 unspecified atom stereocenters. The smallest absolute Gasteiger partial charge is 0.255 e. The monoisotopic (exact) mass is 466 g/mol. The third-order valence-corrected chi connectivity index (χ3v) is 5.13. The largest absolute Gasteiger partial charge is 0.354 e. The molecule has 2 saturated heterocycles. The number of likely N-dealkylation sites (tertiary alicyclic amines) is 1. The van der Waals surface area contributed by atoms with E-state index >= 15 is 0 Å². The predicted octanol–water partition coefficient (Wildman–Crippen LogP) is 2.41.